The molecule has 102 valence electrons. The zero-order valence-electron chi connectivity index (χ0n) is 11.9. The van der Waals surface area contributed by atoms with Crippen molar-refractivity contribution in [1.29, 1.82) is 0 Å². The van der Waals surface area contributed by atoms with Gasteiger partial charge in [0.15, 0.2) is 0 Å². The number of likely N-dealkylation sites (N-methyl/N-ethyl adjacent to an activating group) is 1. The molecule has 0 aliphatic rings. The van der Waals surface area contributed by atoms with Crippen LogP contribution in [0, 0.1) is 0 Å². The maximum atomic E-state index is 11.5. The molecule has 0 radical (unpaired) electrons. The van der Waals surface area contributed by atoms with E-state index in [-0.39, 0.29) is 11.4 Å². The molecule has 3 N–H and O–H groups in total. The molecule has 0 aliphatic carbocycles. The molecule has 0 saturated heterocycles. The van der Waals surface area contributed by atoms with Crippen molar-refractivity contribution < 1.29 is 4.79 Å². The van der Waals surface area contributed by atoms with Gasteiger partial charge >= 0.3 is 0 Å². The fraction of sp³-hybridized carbons (Fsp3) is 0.923. The summed E-state index contributed by atoms with van der Waals surface area (Å²) in [6, 6.07) is 0. The predicted octanol–water partition coefficient (Wildman–Crippen LogP) is 1.35. The Balaban J connectivity index is 3.63. The smallest absolute Gasteiger partial charge is 0.220 e. The number of nitrogens with two attached hydrogens (primary N) is 1. The molecule has 0 saturated carbocycles. The Labute approximate surface area is 106 Å². The number of hydrogen-bond donors (Lipinski definition) is 2. The molecular formula is C13H29N3O. The Morgan fingerprint density at radius 2 is 1.94 bits per heavy atom. The van der Waals surface area contributed by atoms with Crippen molar-refractivity contribution in [3.8, 4) is 0 Å². The highest BCUT2D eigenvalue weighted by molar-refractivity contribution is 5.75. The van der Waals surface area contributed by atoms with Crippen molar-refractivity contribution in [2.24, 2.45) is 5.73 Å². The second kappa shape index (κ2) is 8.48. The van der Waals surface area contributed by atoms with Crippen LogP contribution in [0.1, 0.15) is 47.0 Å². The molecule has 0 aliphatic heterocycles. The van der Waals surface area contributed by atoms with E-state index in [0.717, 1.165) is 39.0 Å². The van der Waals surface area contributed by atoms with Crippen LogP contribution in [0.5, 0.6) is 0 Å². The van der Waals surface area contributed by atoms with Gasteiger partial charge in [-0.05, 0) is 39.8 Å². The number of rotatable bonds is 9. The molecule has 0 fully saturated rings. The molecule has 0 aromatic carbocycles. The van der Waals surface area contributed by atoms with E-state index in [4.69, 9.17) is 5.73 Å². The van der Waals surface area contributed by atoms with Crippen LogP contribution in [0.4, 0.5) is 0 Å². The summed E-state index contributed by atoms with van der Waals surface area (Å²) >= 11 is 0. The highest BCUT2D eigenvalue weighted by atomic mass is 16.1. The largest absolute Gasteiger partial charge is 0.355 e. The van der Waals surface area contributed by atoms with Gasteiger partial charge in [0, 0.05) is 25.0 Å². The van der Waals surface area contributed by atoms with Crippen LogP contribution < -0.4 is 11.1 Å². The SMILES string of the molecule is CCCN(CC)CCNC(=O)CCC(C)(C)N. The first-order chi connectivity index (χ1) is 7.89. The minimum atomic E-state index is -0.255. The number of amides is 1. The summed E-state index contributed by atoms with van der Waals surface area (Å²) in [6.45, 7) is 12.0. The Bertz CT molecular complexity index is 211. The second-order valence-corrected chi connectivity index (χ2v) is 5.27. The molecule has 0 aromatic rings. The Kier molecular flexibility index (Phi) is 8.17. The van der Waals surface area contributed by atoms with Gasteiger partial charge in [-0.25, -0.2) is 0 Å². The zero-order chi connectivity index (χ0) is 13.3. The van der Waals surface area contributed by atoms with E-state index < -0.39 is 0 Å². The molecule has 1 amide bonds. The van der Waals surface area contributed by atoms with Gasteiger partial charge in [-0.2, -0.15) is 0 Å². The first-order valence-electron chi connectivity index (χ1n) is 6.67. The second-order valence-electron chi connectivity index (χ2n) is 5.27. The van der Waals surface area contributed by atoms with Crippen LogP contribution >= 0.6 is 0 Å². The normalized spacial score (nSPS) is 11.9. The monoisotopic (exact) mass is 243 g/mol. The summed E-state index contributed by atoms with van der Waals surface area (Å²) in [5, 5.41) is 2.94. The maximum absolute atomic E-state index is 11.5. The lowest BCUT2D eigenvalue weighted by Crippen LogP contribution is -2.37. The minimum Gasteiger partial charge on any atom is -0.355 e. The van der Waals surface area contributed by atoms with E-state index in [1.165, 1.54) is 0 Å². The quantitative estimate of drug-likeness (QED) is 0.643. The average molecular weight is 243 g/mol. The summed E-state index contributed by atoms with van der Waals surface area (Å²) in [5.41, 5.74) is 5.58. The third-order valence-corrected chi connectivity index (χ3v) is 2.73. The van der Waals surface area contributed by atoms with Gasteiger partial charge in [-0.3, -0.25) is 4.79 Å². The molecule has 0 rings (SSSR count). The molecule has 0 aromatic heterocycles. The van der Waals surface area contributed by atoms with Crippen molar-refractivity contribution in [2.45, 2.75) is 52.5 Å². The zero-order valence-corrected chi connectivity index (χ0v) is 11.9. The number of hydrogen-bond acceptors (Lipinski definition) is 3. The predicted molar refractivity (Wildman–Crippen MR) is 72.9 cm³/mol. The van der Waals surface area contributed by atoms with Crippen LogP contribution in [0.15, 0.2) is 0 Å². The maximum Gasteiger partial charge on any atom is 0.220 e. The first kappa shape index (κ1) is 16.4. The summed E-state index contributed by atoms with van der Waals surface area (Å²) in [6.07, 6.45) is 2.40. The average Bonchev–Trinajstić information content (AvgIpc) is 2.24. The standard InChI is InChI=1S/C13H29N3O/c1-5-10-16(6-2)11-9-15-12(17)7-8-13(3,4)14/h5-11,14H2,1-4H3,(H,15,17). The van der Waals surface area contributed by atoms with E-state index in [1.54, 1.807) is 0 Å². The molecular weight excluding hydrogens is 214 g/mol. The van der Waals surface area contributed by atoms with Crippen LogP contribution in [-0.4, -0.2) is 42.5 Å². The van der Waals surface area contributed by atoms with Crippen LogP contribution in [0.25, 0.3) is 0 Å². The Morgan fingerprint density at radius 1 is 1.29 bits per heavy atom. The number of nitrogens with zero attached hydrogens (tertiary/aromatic N) is 1. The number of carbonyl (C=O) groups is 1. The fourth-order valence-electron chi connectivity index (χ4n) is 1.62. The third kappa shape index (κ3) is 10.3. The first-order valence-corrected chi connectivity index (χ1v) is 6.67. The van der Waals surface area contributed by atoms with E-state index >= 15 is 0 Å². The van der Waals surface area contributed by atoms with E-state index in [2.05, 4.69) is 24.1 Å². The van der Waals surface area contributed by atoms with E-state index in [9.17, 15) is 4.79 Å². The molecule has 0 atom stereocenters. The van der Waals surface area contributed by atoms with Crippen molar-refractivity contribution in [3.05, 3.63) is 0 Å². The van der Waals surface area contributed by atoms with Crippen molar-refractivity contribution in [1.82, 2.24) is 10.2 Å². The summed E-state index contributed by atoms with van der Waals surface area (Å²) in [7, 11) is 0. The molecule has 0 heterocycles. The van der Waals surface area contributed by atoms with Crippen LogP contribution in [0.3, 0.4) is 0 Å². The topological polar surface area (TPSA) is 58.4 Å². The van der Waals surface area contributed by atoms with Gasteiger partial charge in [0.05, 0.1) is 0 Å². The van der Waals surface area contributed by atoms with Gasteiger partial charge in [0.25, 0.3) is 0 Å². The number of carbonyl (C=O) groups excluding carboxylic acids is 1. The minimum absolute atomic E-state index is 0.107. The van der Waals surface area contributed by atoms with Gasteiger partial charge < -0.3 is 16.0 Å². The Morgan fingerprint density at radius 3 is 2.41 bits per heavy atom. The summed E-state index contributed by atoms with van der Waals surface area (Å²) in [4.78, 5) is 13.9. The van der Waals surface area contributed by atoms with E-state index in [0.29, 0.717) is 6.42 Å². The fourth-order valence-corrected chi connectivity index (χ4v) is 1.62. The lowest BCUT2D eigenvalue weighted by atomic mass is 10.00. The lowest BCUT2D eigenvalue weighted by molar-refractivity contribution is -0.121. The van der Waals surface area contributed by atoms with Crippen molar-refractivity contribution in [2.75, 3.05) is 26.2 Å². The molecule has 0 unspecified atom stereocenters. The Hall–Kier alpha value is -0.610. The summed E-state index contributed by atoms with van der Waals surface area (Å²) in [5.74, 6) is 0.107. The third-order valence-electron chi connectivity index (χ3n) is 2.73. The van der Waals surface area contributed by atoms with Crippen molar-refractivity contribution >= 4 is 5.91 Å². The highest BCUT2D eigenvalue weighted by Gasteiger charge is 2.12. The van der Waals surface area contributed by atoms with Crippen LogP contribution in [-0.2, 0) is 4.79 Å². The summed E-state index contributed by atoms with van der Waals surface area (Å²) < 4.78 is 0. The van der Waals surface area contributed by atoms with Gasteiger partial charge in [0.2, 0.25) is 5.91 Å². The van der Waals surface area contributed by atoms with Gasteiger partial charge in [0.1, 0.15) is 0 Å². The van der Waals surface area contributed by atoms with E-state index in [1.807, 2.05) is 13.8 Å². The number of nitrogens with one attached hydrogen (secondary N) is 1. The molecule has 0 spiro atoms. The van der Waals surface area contributed by atoms with Gasteiger partial charge in [-0.1, -0.05) is 13.8 Å². The molecule has 17 heavy (non-hydrogen) atoms. The molecule has 4 heteroatoms. The van der Waals surface area contributed by atoms with Gasteiger partial charge in [-0.15, -0.1) is 0 Å². The lowest BCUT2D eigenvalue weighted by Gasteiger charge is -2.20. The highest BCUT2D eigenvalue weighted by Crippen LogP contribution is 2.06. The van der Waals surface area contributed by atoms with Crippen molar-refractivity contribution in [3.63, 3.8) is 0 Å². The van der Waals surface area contributed by atoms with Crippen LogP contribution in [0.2, 0.25) is 0 Å². The molecule has 4 nitrogen and oxygen atoms in total. The molecule has 0 bridgehead atoms.